The normalized spacial score (nSPS) is 14.8. The van der Waals surface area contributed by atoms with E-state index in [1.54, 1.807) is 37.3 Å². The number of aryl methyl sites for hydroxylation is 1. The molecule has 2 aromatic rings. The second-order valence-electron chi connectivity index (χ2n) is 5.42. The molecule has 0 spiro atoms. The zero-order valence-corrected chi connectivity index (χ0v) is 13.4. The first-order valence-electron chi connectivity index (χ1n) is 7.06. The van der Waals surface area contributed by atoms with Crippen LogP contribution in [0.2, 0.25) is 5.02 Å². The van der Waals surface area contributed by atoms with E-state index in [9.17, 15) is 14.7 Å². The van der Waals surface area contributed by atoms with Crippen LogP contribution in [-0.4, -0.2) is 16.9 Å². The predicted molar refractivity (Wildman–Crippen MR) is 89.4 cm³/mol. The SMILES string of the molecule is Cc1ccc(C2=C(O)C(=O)N(c3cccc(Cl)c3C)C2=O)cc1. The molecule has 23 heavy (non-hydrogen) atoms. The van der Waals surface area contributed by atoms with Crippen molar-refractivity contribution in [2.75, 3.05) is 4.90 Å². The van der Waals surface area contributed by atoms with Gasteiger partial charge in [0.1, 0.15) is 0 Å². The molecule has 3 rings (SSSR count). The van der Waals surface area contributed by atoms with E-state index in [0.29, 0.717) is 21.8 Å². The van der Waals surface area contributed by atoms with Crippen LogP contribution < -0.4 is 4.90 Å². The quantitative estimate of drug-likeness (QED) is 0.853. The molecule has 1 N–H and O–H groups in total. The molecule has 0 unspecified atom stereocenters. The van der Waals surface area contributed by atoms with Crippen LogP contribution in [0.15, 0.2) is 48.2 Å². The van der Waals surface area contributed by atoms with Gasteiger partial charge < -0.3 is 5.11 Å². The molecular weight excluding hydrogens is 314 g/mol. The summed E-state index contributed by atoms with van der Waals surface area (Å²) in [4.78, 5) is 26.1. The lowest BCUT2D eigenvalue weighted by atomic mass is 10.0. The van der Waals surface area contributed by atoms with Crippen molar-refractivity contribution in [3.8, 4) is 0 Å². The van der Waals surface area contributed by atoms with Gasteiger partial charge in [0, 0.05) is 5.02 Å². The average molecular weight is 328 g/mol. The van der Waals surface area contributed by atoms with Crippen LogP contribution in [0, 0.1) is 13.8 Å². The number of amides is 2. The van der Waals surface area contributed by atoms with Gasteiger partial charge in [-0.1, -0.05) is 47.5 Å². The number of aliphatic hydroxyl groups excluding tert-OH is 1. The van der Waals surface area contributed by atoms with Crippen molar-refractivity contribution in [3.05, 3.63) is 69.9 Å². The molecule has 2 amide bonds. The maximum absolute atomic E-state index is 12.7. The Morgan fingerprint density at radius 1 is 0.957 bits per heavy atom. The van der Waals surface area contributed by atoms with Gasteiger partial charge in [-0.05, 0) is 37.1 Å². The third-order valence-electron chi connectivity index (χ3n) is 3.88. The van der Waals surface area contributed by atoms with Crippen molar-refractivity contribution in [2.24, 2.45) is 0 Å². The Kier molecular flexibility index (Phi) is 3.70. The highest BCUT2D eigenvalue weighted by Gasteiger charge is 2.40. The van der Waals surface area contributed by atoms with Crippen LogP contribution in [0.4, 0.5) is 5.69 Å². The Labute approximate surface area is 138 Å². The molecular formula is C18H14ClNO3. The van der Waals surface area contributed by atoms with E-state index in [1.807, 2.05) is 19.1 Å². The van der Waals surface area contributed by atoms with Gasteiger partial charge in [0.25, 0.3) is 5.91 Å². The summed E-state index contributed by atoms with van der Waals surface area (Å²) in [7, 11) is 0. The zero-order chi connectivity index (χ0) is 16.7. The summed E-state index contributed by atoms with van der Waals surface area (Å²) in [6, 6.07) is 12.0. The second-order valence-corrected chi connectivity index (χ2v) is 5.83. The molecule has 1 heterocycles. The van der Waals surface area contributed by atoms with E-state index in [2.05, 4.69) is 0 Å². The van der Waals surface area contributed by atoms with E-state index in [1.165, 1.54) is 0 Å². The van der Waals surface area contributed by atoms with Gasteiger partial charge in [-0.25, -0.2) is 4.90 Å². The third kappa shape index (κ3) is 2.41. The van der Waals surface area contributed by atoms with Crippen LogP contribution in [-0.2, 0) is 9.59 Å². The summed E-state index contributed by atoms with van der Waals surface area (Å²) in [5.41, 5.74) is 2.52. The lowest BCUT2D eigenvalue weighted by Gasteiger charge is -2.17. The smallest absolute Gasteiger partial charge is 0.301 e. The first-order chi connectivity index (χ1) is 10.9. The van der Waals surface area contributed by atoms with Crippen LogP contribution in [0.3, 0.4) is 0 Å². The number of aliphatic hydroxyl groups is 1. The van der Waals surface area contributed by atoms with Crippen molar-refractivity contribution in [3.63, 3.8) is 0 Å². The van der Waals surface area contributed by atoms with E-state index in [0.717, 1.165) is 10.5 Å². The van der Waals surface area contributed by atoms with E-state index in [-0.39, 0.29) is 5.57 Å². The highest BCUT2D eigenvalue weighted by molar-refractivity contribution is 6.45. The molecule has 0 radical (unpaired) electrons. The number of nitrogens with zero attached hydrogens (tertiary/aromatic N) is 1. The molecule has 0 aliphatic carbocycles. The minimum Gasteiger partial charge on any atom is -0.502 e. The summed E-state index contributed by atoms with van der Waals surface area (Å²) >= 11 is 6.07. The standard InChI is InChI=1S/C18H14ClNO3/c1-10-6-8-12(9-7-10)15-16(21)18(23)20(17(15)22)14-5-3-4-13(19)11(14)2/h3-9,21H,1-2H3. The van der Waals surface area contributed by atoms with Gasteiger partial charge in [0.05, 0.1) is 11.3 Å². The molecule has 1 aliphatic rings. The number of anilines is 1. The molecule has 0 saturated heterocycles. The van der Waals surface area contributed by atoms with Crippen molar-refractivity contribution < 1.29 is 14.7 Å². The highest BCUT2D eigenvalue weighted by atomic mass is 35.5. The second kappa shape index (κ2) is 5.56. The van der Waals surface area contributed by atoms with Crippen molar-refractivity contribution in [1.29, 1.82) is 0 Å². The molecule has 5 heteroatoms. The number of benzene rings is 2. The minimum atomic E-state index is -0.740. The molecule has 0 saturated carbocycles. The number of imide groups is 1. The van der Waals surface area contributed by atoms with Crippen LogP contribution in [0.5, 0.6) is 0 Å². The number of hydrogen-bond acceptors (Lipinski definition) is 3. The van der Waals surface area contributed by atoms with Crippen molar-refractivity contribution in [2.45, 2.75) is 13.8 Å². The fraction of sp³-hybridized carbons (Fsp3) is 0.111. The van der Waals surface area contributed by atoms with Crippen molar-refractivity contribution in [1.82, 2.24) is 0 Å². The number of rotatable bonds is 2. The van der Waals surface area contributed by atoms with E-state index < -0.39 is 17.6 Å². The summed E-state index contributed by atoms with van der Waals surface area (Å²) < 4.78 is 0. The topological polar surface area (TPSA) is 57.6 Å². The largest absolute Gasteiger partial charge is 0.502 e. The summed E-state index contributed by atoms with van der Waals surface area (Å²) in [5.74, 6) is -1.84. The summed E-state index contributed by atoms with van der Waals surface area (Å²) in [6.45, 7) is 3.64. The summed E-state index contributed by atoms with van der Waals surface area (Å²) in [5, 5.41) is 10.6. The number of hydrogen-bond donors (Lipinski definition) is 1. The van der Waals surface area contributed by atoms with Gasteiger partial charge in [-0.2, -0.15) is 0 Å². The fourth-order valence-electron chi connectivity index (χ4n) is 2.56. The molecule has 4 nitrogen and oxygen atoms in total. The Morgan fingerprint density at radius 2 is 1.61 bits per heavy atom. The van der Waals surface area contributed by atoms with Gasteiger partial charge in [-0.3, -0.25) is 9.59 Å². The maximum Gasteiger partial charge on any atom is 0.301 e. The molecule has 116 valence electrons. The predicted octanol–water partition coefficient (Wildman–Crippen LogP) is 3.80. The van der Waals surface area contributed by atoms with Gasteiger partial charge in [0.15, 0.2) is 5.76 Å². The molecule has 0 atom stereocenters. The molecule has 1 aliphatic heterocycles. The van der Waals surface area contributed by atoms with Gasteiger partial charge in [-0.15, -0.1) is 0 Å². The van der Waals surface area contributed by atoms with E-state index >= 15 is 0 Å². The lowest BCUT2D eigenvalue weighted by molar-refractivity contribution is -0.121. The van der Waals surface area contributed by atoms with Gasteiger partial charge >= 0.3 is 5.91 Å². The van der Waals surface area contributed by atoms with E-state index in [4.69, 9.17) is 11.6 Å². The molecule has 2 aromatic carbocycles. The lowest BCUT2D eigenvalue weighted by Crippen LogP contribution is -2.32. The van der Waals surface area contributed by atoms with Crippen LogP contribution in [0.1, 0.15) is 16.7 Å². The number of carbonyl (C=O) groups is 2. The number of carbonyl (C=O) groups excluding carboxylic acids is 2. The minimum absolute atomic E-state index is 0.00868. The maximum atomic E-state index is 12.7. The number of halogens is 1. The Hall–Kier alpha value is -2.59. The molecule has 0 aromatic heterocycles. The monoisotopic (exact) mass is 327 g/mol. The molecule has 0 bridgehead atoms. The Bertz CT molecular complexity index is 853. The first kappa shape index (κ1) is 15.3. The Balaban J connectivity index is 2.09. The van der Waals surface area contributed by atoms with Crippen molar-refractivity contribution >= 4 is 34.7 Å². The summed E-state index contributed by atoms with van der Waals surface area (Å²) in [6.07, 6.45) is 0. The zero-order valence-electron chi connectivity index (χ0n) is 12.6. The van der Waals surface area contributed by atoms with Gasteiger partial charge in [0.2, 0.25) is 0 Å². The third-order valence-corrected chi connectivity index (χ3v) is 4.29. The highest BCUT2D eigenvalue weighted by Crippen LogP contribution is 2.35. The van der Waals surface area contributed by atoms with Crippen LogP contribution >= 0.6 is 11.6 Å². The van der Waals surface area contributed by atoms with Crippen LogP contribution in [0.25, 0.3) is 5.57 Å². The first-order valence-corrected chi connectivity index (χ1v) is 7.44. The fourth-order valence-corrected chi connectivity index (χ4v) is 2.73. The Morgan fingerprint density at radius 3 is 2.26 bits per heavy atom. The average Bonchev–Trinajstić information content (AvgIpc) is 2.74. The molecule has 0 fully saturated rings.